The Labute approximate surface area is 154 Å². The summed E-state index contributed by atoms with van der Waals surface area (Å²) in [6.45, 7) is 0.415. The predicted octanol–water partition coefficient (Wildman–Crippen LogP) is 2.96. The number of nitrogens with zero attached hydrogens (tertiary/aromatic N) is 1. The van der Waals surface area contributed by atoms with Crippen molar-refractivity contribution in [3.05, 3.63) is 75.3 Å². The minimum atomic E-state index is -1.40. The van der Waals surface area contributed by atoms with Gasteiger partial charge in [-0.05, 0) is 17.7 Å². The van der Waals surface area contributed by atoms with Crippen molar-refractivity contribution in [2.75, 3.05) is 6.54 Å². The van der Waals surface area contributed by atoms with Gasteiger partial charge in [0.05, 0.1) is 4.92 Å². The maximum absolute atomic E-state index is 11.6. The zero-order valence-corrected chi connectivity index (χ0v) is 14.2. The van der Waals surface area contributed by atoms with Crippen LogP contribution in [0.3, 0.4) is 0 Å². The molecule has 0 aliphatic carbocycles. The molecule has 1 amide bonds. The molecule has 8 heteroatoms. The highest BCUT2D eigenvalue weighted by Gasteiger charge is 2.19. The van der Waals surface area contributed by atoms with Gasteiger partial charge in [0.25, 0.3) is 5.69 Å². The van der Waals surface area contributed by atoms with E-state index < -0.39 is 28.2 Å². The molecule has 0 aliphatic heterocycles. The molecule has 0 heterocycles. The van der Waals surface area contributed by atoms with Crippen molar-refractivity contribution in [3.8, 4) is 11.8 Å². The zero-order valence-electron chi connectivity index (χ0n) is 14.2. The second-order valence-corrected chi connectivity index (χ2v) is 5.33. The summed E-state index contributed by atoms with van der Waals surface area (Å²) in [5, 5.41) is 22.4. The highest BCUT2D eigenvalue weighted by atomic mass is 16.6. The van der Waals surface area contributed by atoms with Crippen LogP contribution in [0.1, 0.15) is 27.9 Å². The van der Waals surface area contributed by atoms with Crippen LogP contribution in [0.15, 0.2) is 48.5 Å². The summed E-state index contributed by atoms with van der Waals surface area (Å²) >= 11 is 0. The van der Waals surface area contributed by atoms with E-state index in [9.17, 15) is 19.7 Å². The molecule has 0 unspecified atom stereocenters. The molecule has 8 nitrogen and oxygen atoms in total. The molecule has 2 rings (SSSR count). The topological polar surface area (TPSA) is 119 Å². The summed E-state index contributed by atoms with van der Waals surface area (Å²) in [4.78, 5) is 32.7. The third-order valence-electron chi connectivity index (χ3n) is 3.39. The SMILES string of the molecule is O=C(NCCC#Cc1ccc([N+](=O)[O-])c(C(=O)O)c1)OCc1ccccc1. The summed E-state index contributed by atoms with van der Waals surface area (Å²) in [6.07, 6.45) is -0.260. The van der Waals surface area contributed by atoms with Crippen molar-refractivity contribution in [2.24, 2.45) is 0 Å². The highest BCUT2D eigenvalue weighted by molar-refractivity contribution is 5.92. The molecule has 0 radical (unpaired) electrons. The van der Waals surface area contributed by atoms with Gasteiger partial charge in [0.1, 0.15) is 12.2 Å². The number of carbonyl (C=O) groups excluding carboxylic acids is 1. The number of amides is 1. The molecule has 0 atom stereocenters. The second-order valence-electron chi connectivity index (χ2n) is 5.33. The van der Waals surface area contributed by atoms with Crippen LogP contribution in [0.5, 0.6) is 0 Å². The number of nitro benzene ring substituents is 1. The van der Waals surface area contributed by atoms with Gasteiger partial charge in [-0.15, -0.1) is 0 Å². The predicted molar refractivity (Wildman–Crippen MR) is 96.2 cm³/mol. The molecule has 0 aliphatic rings. The third kappa shape index (κ3) is 6.17. The lowest BCUT2D eigenvalue weighted by atomic mass is 10.1. The Hall–Kier alpha value is -3.86. The first-order chi connectivity index (χ1) is 13.0. The monoisotopic (exact) mass is 368 g/mol. The molecule has 0 bridgehead atoms. The van der Waals surface area contributed by atoms with E-state index in [0.29, 0.717) is 12.0 Å². The first-order valence-electron chi connectivity index (χ1n) is 7.92. The fourth-order valence-corrected chi connectivity index (χ4v) is 2.11. The summed E-state index contributed by atoms with van der Waals surface area (Å²) < 4.78 is 5.04. The average Bonchev–Trinajstić information content (AvgIpc) is 2.66. The van der Waals surface area contributed by atoms with Crippen molar-refractivity contribution < 1.29 is 24.4 Å². The van der Waals surface area contributed by atoms with Crippen LogP contribution in [0, 0.1) is 22.0 Å². The van der Waals surface area contributed by atoms with Crippen LogP contribution in [-0.2, 0) is 11.3 Å². The molecule has 0 saturated carbocycles. The Balaban J connectivity index is 1.81. The summed E-state index contributed by atoms with van der Waals surface area (Å²) in [7, 11) is 0. The van der Waals surface area contributed by atoms with Gasteiger partial charge >= 0.3 is 12.1 Å². The van der Waals surface area contributed by atoms with E-state index in [1.807, 2.05) is 30.3 Å². The standard InChI is InChI=1S/C19H16N2O6/c22-18(23)16-12-14(9-10-17(16)21(25)26)6-4-5-11-20-19(24)27-13-15-7-2-1-3-8-15/h1-3,7-10,12H,5,11,13H2,(H,20,24)(H,22,23). The lowest BCUT2D eigenvalue weighted by Gasteiger charge is -2.05. The minimum Gasteiger partial charge on any atom is -0.477 e. The van der Waals surface area contributed by atoms with Gasteiger partial charge in [0.2, 0.25) is 0 Å². The normalized spacial score (nSPS) is 9.63. The number of carbonyl (C=O) groups is 2. The number of carboxylic acids is 1. The smallest absolute Gasteiger partial charge is 0.407 e. The first kappa shape index (κ1) is 19.5. The first-order valence-corrected chi connectivity index (χ1v) is 7.92. The van der Waals surface area contributed by atoms with Gasteiger partial charge in [0.15, 0.2) is 0 Å². The molecule has 0 aromatic heterocycles. The van der Waals surface area contributed by atoms with Gasteiger partial charge in [0, 0.05) is 24.6 Å². The van der Waals surface area contributed by atoms with Crippen LogP contribution in [0.25, 0.3) is 0 Å². The van der Waals surface area contributed by atoms with Crippen molar-refractivity contribution >= 4 is 17.7 Å². The molecule has 27 heavy (non-hydrogen) atoms. The van der Waals surface area contributed by atoms with Crippen LogP contribution in [0.2, 0.25) is 0 Å². The number of rotatable bonds is 6. The van der Waals surface area contributed by atoms with E-state index in [1.54, 1.807) is 0 Å². The quantitative estimate of drug-likeness (QED) is 0.350. The van der Waals surface area contributed by atoms with Gasteiger partial charge < -0.3 is 15.2 Å². The number of aromatic carboxylic acids is 1. The van der Waals surface area contributed by atoms with E-state index >= 15 is 0 Å². The fraction of sp³-hybridized carbons (Fsp3) is 0.158. The fourth-order valence-electron chi connectivity index (χ4n) is 2.11. The number of benzene rings is 2. The second kappa shape index (κ2) is 9.58. The zero-order chi connectivity index (χ0) is 19.6. The van der Waals surface area contributed by atoms with E-state index in [2.05, 4.69) is 17.2 Å². The lowest BCUT2D eigenvalue weighted by Crippen LogP contribution is -2.24. The maximum atomic E-state index is 11.6. The maximum Gasteiger partial charge on any atom is 0.407 e. The number of nitrogens with one attached hydrogen (secondary N) is 1. The number of alkyl carbamates (subject to hydrolysis) is 1. The average molecular weight is 368 g/mol. The van der Waals surface area contributed by atoms with Crippen molar-refractivity contribution in [1.82, 2.24) is 5.32 Å². The van der Waals surface area contributed by atoms with Crippen LogP contribution < -0.4 is 5.32 Å². The molecular formula is C19H16N2O6. The third-order valence-corrected chi connectivity index (χ3v) is 3.39. The van der Waals surface area contributed by atoms with Gasteiger partial charge in [-0.25, -0.2) is 9.59 Å². The number of nitro groups is 1. The van der Waals surface area contributed by atoms with Gasteiger partial charge in [-0.3, -0.25) is 10.1 Å². The summed E-state index contributed by atoms with van der Waals surface area (Å²) in [5.74, 6) is 4.08. The molecular weight excluding hydrogens is 352 g/mol. The van der Waals surface area contributed by atoms with Crippen molar-refractivity contribution in [2.45, 2.75) is 13.0 Å². The number of hydrogen-bond donors (Lipinski definition) is 2. The Bertz CT molecular complexity index is 899. The van der Waals surface area contributed by atoms with Crippen LogP contribution in [-0.4, -0.2) is 28.6 Å². The largest absolute Gasteiger partial charge is 0.477 e. The number of ether oxygens (including phenoxy) is 1. The molecule has 138 valence electrons. The molecule has 2 N–H and O–H groups in total. The Kier molecular flexibility index (Phi) is 6.91. The summed E-state index contributed by atoms with van der Waals surface area (Å²) in [6, 6.07) is 12.9. The Morgan fingerprint density at radius 3 is 2.59 bits per heavy atom. The van der Waals surface area contributed by atoms with E-state index in [-0.39, 0.29) is 13.2 Å². The molecule has 0 fully saturated rings. The number of carboxylic acid groups (broad SMARTS) is 1. The lowest BCUT2D eigenvalue weighted by molar-refractivity contribution is -0.385. The Morgan fingerprint density at radius 1 is 1.19 bits per heavy atom. The molecule has 2 aromatic carbocycles. The van der Waals surface area contributed by atoms with Crippen LogP contribution in [0.4, 0.5) is 10.5 Å². The van der Waals surface area contributed by atoms with Crippen molar-refractivity contribution in [3.63, 3.8) is 0 Å². The van der Waals surface area contributed by atoms with Crippen molar-refractivity contribution in [1.29, 1.82) is 0 Å². The van der Waals surface area contributed by atoms with Crippen LogP contribution >= 0.6 is 0 Å². The molecule has 0 saturated heterocycles. The van der Waals surface area contributed by atoms with Gasteiger partial charge in [-0.1, -0.05) is 42.2 Å². The molecule has 0 spiro atoms. The van der Waals surface area contributed by atoms with Gasteiger partial charge in [-0.2, -0.15) is 0 Å². The van der Waals surface area contributed by atoms with E-state index in [0.717, 1.165) is 17.7 Å². The molecule has 2 aromatic rings. The summed E-state index contributed by atoms with van der Waals surface area (Å²) in [5.41, 5.74) is 0.301. The minimum absolute atomic E-state index is 0.166. The van der Waals surface area contributed by atoms with E-state index in [1.165, 1.54) is 6.07 Å². The number of hydrogen-bond acceptors (Lipinski definition) is 5. The highest BCUT2D eigenvalue weighted by Crippen LogP contribution is 2.19. The van der Waals surface area contributed by atoms with E-state index in [4.69, 9.17) is 9.84 Å². The Morgan fingerprint density at radius 2 is 1.93 bits per heavy atom.